The SMILES string of the molecule is CC(C)(C)OC(=O)N1C[C@@H](Cc2ccsc2)[C@H](O)C1. The summed E-state index contributed by atoms with van der Waals surface area (Å²) in [5.41, 5.74) is 0.730. The van der Waals surface area contributed by atoms with Crippen LogP contribution in [0.1, 0.15) is 26.3 Å². The normalized spacial score (nSPS) is 23.7. The summed E-state index contributed by atoms with van der Waals surface area (Å²) < 4.78 is 5.33. The highest BCUT2D eigenvalue weighted by molar-refractivity contribution is 7.07. The van der Waals surface area contributed by atoms with Crippen LogP contribution in [-0.4, -0.2) is 40.9 Å². The van der Waals surface area contributed by atoms with Gasteiger partial charge in [0.05, 0.1) is 12.6 Å². The highest BCUT2D eigenvalue weighted by Crippen LogP contribution is 2.24. The Hall–Kier alpha value is -1.07. The molecule has 2 atom stereocenters. The summed E-state index contributed by atoms with van der Waals surface area (Å²) in [5, 5.41) is 14.2. The number of rotatable bonds is 2. The van der Waals surface area contributed by atoms with Crippen LogP contribution >= 0.6 is 11.3 Å². The predicted octanol–water partition coefficient (Wildman–Crippen LogP) is 2.52. The Bertz CT molecular complexity index is 424. The zero-order valence-electron chi connectivity index (χ0n) is 11.6. The first kappa shape index (κ1) is 14.3. The maximum absolute atomic E-state index is 11.9. The van der Waals surface area contributed by atoms with Crippen molar-refractivity contribution in [2.45, 2.75) is 38.9 Å². The molecule has 0 aromatic carbocycles. The molecule has 1 aliphatic rings. The minimum Gasteiger partial charge on any atom is -0.444 e. The van der Waals surface area contributed by atoms with Gasteiger partial charge in [0, 0.05) is 12.5 Å². The first-order chi connectivity index (χ1) is 8.85. The number of carbonyl (C=O) groups is 1. The number of aliphatic hydroxyl groups excluding tert-OH is 1. The van der Waals surface area contributed by atoms with Gasteiger partial charge in [-0.3, -0.25) is 0 Å². The van der Waals surface area contributed by atoms with Crippen LogP contribution in [-0.2, 0) is 11.2 Å². The van der Waals surface area contributed by atoms with Crippen molar-refractivity contribution in [2.75, 3.05) is 13.1 Å². The third-order valence-electron chi connectivity index (χ3n) is 3.14. The number of hydrogen-bond donors (Lipinski definition) is 1. The Balaban J connectivity index is 1.91. The molecule has 0 saturated carbocycles. The lowest BCUT2D eigenvalue weighted by molar-refractivity contribution is 0.0270. The van der Waals surface area contributed by atoms with Gasteiger partial charge in [0.1, 0.15) is 5.60 Å². The standard InChI is InChI=1S/C14H21NO3S/c1-14(2,3)18-13(17)15-7-11(12(16)8-15)6-10-4-5-19-9-10/h4-5,9,11-12,16H,6-8H2,1-3H3/t11-,12-/m1/s1. The van der Waals surface area contributed by atoms with E-state index >= 15 is 0 Å². The van der Waals surface area contributed by atoms with Gasteiger partial charge in [0.15, 0.2) is 0 Å². The maximum atomic E-state index is 11.9. The summed E-state index contributed by atoms with van der Waals surface area (Å²) in [7, 11) is 0. The third kappa shape index (κ3) is 3.94. The minimum absolute atomic E-state index is 0.0992. The molecular formula is C14H21NO3S. The Labute approximate surface area is 118 Å². The molecule has 2 heterocycles. The molecule has 1 aliphatic heterocycles. The molecule has 2 rings (SSSR count). The monoisotopic (exact) mass is 283 g/mol. The number of hydrogen-bond acceptors (Lipinski definition) is 4. The van der Waals surface area contributed by atoms with Gasteiger partial charge >= 0.3 is 6.09 Å². The van der Waals surface area contributed by atoms with Crippen molar-refractivity contribution in [2.24, 2.45) is 5.92 Å². The number of likely N-dealkylation sites (tertiary alicyclic amines) is 1. The molecule has 1 saturated heterocycles. The highest BCUT2D eigenvalue weighted by atomic mass is 32.1. The Kier molecular flexibility index (Phi) is 4.16. The van der Waals surface area contributed by atoms with Gasteiger partial charge in [-0.2, -0.15) is 11.3 Å². The van der Waals surface area contributed by atoms with Gasteiger partial charge in [0.2, 0.25) is 0 Å². The molecule has 1 amide bonds. The fourth-order valence-corrected chi connectivity index (χ4v) is 2.92. The maximum Gasteiger partial charge on any atom is 0.410 e. The third-order valence-corrected chi connectivity index (χ3v) is 3.87. The molecular weight excluding hydrogens is 262 g/mol. The second-order valence-electron chi connectivity index (χ2n) is 6.05. The number of carbonyl (C=O) groups excluding carboxylic acids is 1. The van der Waals surface area contributed by atoms with Gasteiger partial charge in [-0.05, 0) is 49.6 Å². The van der Waals surface area contributed by atoms with Crippen LogP contribution in [0, 0.1) is 5.92 Å². The molecule has 0 spiro atoms. The van der Waals surface area contributed by atoms with E-state index < -0.39 is 11.7 Å². The highest BCUT2D eigenvalue weighted by Gasteiger charge is 2.36. The molecule has 0 radical (unpaired) electrons. The van der Waals surface area contributed by atoms with Crippen molar-refractivity contribution in [1.29, 1.82) is 0 Å². The van der Waals surface area contributed by atoms with E-state index in [1.807, 2.05) is 26.2 Å². The van der Waals surface area contributed by atoms with Gasteiger partial charge in [-0.1, -0.05) is 0 Å². The van der Waals surface area contributed by atoms with Crippen molar-refractivity contribution in [1.82, 2.24) is 4.90 Å². The molecule has 4 nitrogen and oxygen atoms in total. The van der Waals surface area contributed by atoms with E-state index in [2.05, 4.69) is 11.4 Å². The number of amides is 1. The van der Waals surface area contributed by atoms with Crippen molar-refractivity contribution in [3.63, 3.8) is 0 Å². The quantitative estimate of drug-likeness (QED) is 0.907. The summed E-state index contributed by atoms with van der Waals surface area (Å²) in [6.07, 6.45) is 0.0102. The summed E-state index contributed by atoms with van der Waals surface area (Å²) in [4.78, 5) is 13.6. The molecule has 1 N–H and O–H groups in total. The topological polar surface area (TPSA) is 49.8 Å². The molecule has 1 aromatic heterocycles. The summed E-state index contributed by atoms with van der Waals surface area (Å²) in [5.74, 6) is 0.0992. The predicted molar refractivity (Wildman–Crippen MR) is 75.3 cm³/mol. The van der Waals surface area contributed by atoms with E-state index in [4.69, 9.17) is 4.74 Å². The number of thiophene rings is 1. The molecule has 1 aromatic rings. The largest absolute Gasteiger partial charge is 0.444 e. The molecule has 1 fully saturated rings. The lowest BCUT2D eigenvalue weighted by Crippen LogP contribution is -2.35. The van der Waals surface area contributed by atoms with Crippen LogP contribution in [0.4, 0.5) is 4.79 Å². The van der Waals surface area contributed by atoms with Crippen molar-refractivity contribution >= 4 is 17.4 Å². The van der Waals surface area contributed by atoms with E-state index in [0.29, 0.717) is 13.1 Å². The average Bonchev–Trinajstić information content (AvgIpc) is 2.88. The van der Waals surface area contributed by atoms with Crippen molar-refractivity contribution < 1.29 is 14.6 Å². The average molecular weight is 283 g/mol. The smallest absolute Gasteiger partial charge is 0.410 e. The number of β-amino-alcohol motifs (C(OH)–C–C–N with tert-alkyl or cyclic N) is 1. The van der Waals surface area contributed by atoms with Crippen LogP contribution in [0.3, 0.4) is 0 Å². The fraction of sp³-hybridized carbons (Fsp3) is 0.643. The Morgan fingerprint density at radius 1 is 1.53 bits per heavy atom. The Morgan fingerprint density at radius 3 is 2.84 bits per heavy atom. The van der Waals surface area contributed by atoms with E-state index in [1.165, 1.54) is 5.56 Å². The van der Waals surface area contributed by atoms with Crippen LogP contribution in [0.15, 0.2) is 16.8 Å². The van der Waals surface area contributed by atoms with Gasteiger partial charge < -0.3 is 14.7 Å². The summed E-state index contributed by atoms with van der Waals surface area (Å²) in [6, 6.07) is 2.06. The zero-order chi connectivity index (χ0) is 14.0. The molecule has 0 aliphatic carbocycles. The molecule has 106 valence electrons. The zero-order valence-corrected chi connectivity index (χ0v) is 12.4. The van der Waals surface area contributed by atoms with Crippen LogP contribution < -0.4 is 0 Å². The lowest BCUT2D eigenvalue weighted by Gasteiger charge is -2.24. The van der Waals surface area contributed by atoms with Gasteiger partial charge in [0.25, 0.3) is 0 Å². The van der Waals surface area contributed by atoms with E-state index in [9.17, 15) is 9.90 Å². The summed E-state index contributed by atoms with van der Waals surface area (Å²) >= 11 is 1.65. The number of ether oxygens (including phenoxy) is 1. The molecule has 5 heteroatoms. The van der Waals surface area contributed by atoms with E-state index in [1.54, 1.807) is 16.2 Å². The second-order valence-corrected chi connectivity index (χ2v) is 6.83. The number of aliphatic hydroxyl groups is 1. The second kappa shape index (κ2) is 5.51. The van der Waals surface area contributed by atoms with Crippen LogP contribution in [0.2, 0.25) is 0 Å². The van der Waals surface area contributed by atoms with Crippen molar-refractivity contribution in [3.05, 3.63) is 22.4 Å². The van der Waals surface area contributed by atoms with E-state index in [0.717, 1.165) is 6.42 Å². The fourth-order valence-electron chi connectivity index (χ4n) is 2.24. The van der Waals surface area contributed by atoms with Gasteiger partial charge in [-0.25, -0.2) is 4.79 Å². The minimum atomic E-state index is -0.493. The van der Waals surface area contributed by atoms with Crippen LogP contribution in [0.25, 0.3) is 0 Å². The molecule has 0 unspecified atom stereocenters. The van der Waals surface area contributed by atoms with Crippen LogP contribution in [0.5, 0.6) is 0 Å². The lowest BCUT2D eigenvalue weighted by atomic mass is 9.99. The molecule has 0 bridgehead atoms. The molecule has 19 heavy (non-hydrogen) atoms. The Morgan fingerprint density at radius 2 is 2.26 bits per heavy atom. The van der Waals surface area contributed by atoms with Crippen molar-refractivity contribution in [3.8, 4) is 0 Å². The first-order valence-electron chi connectivity index (χ1n) is 6.52. The summed E-state index contributed by atoms with van der Waals surface area (Å²) in [6.45, 7) is 6.47. The first-order valence-corrected chi connectivity index (χ1v) is 7.46. The number of nitrogens with zero attached hydrogens (tertiary/aromatic N) is 1. The van der Waals surface area contributed by atoms with E-state index in [-0.39, 0.29) is 12.0 Å². The van der Waals surface area contributed by atoms with Gasteiger partial charge in [-0.15, -0.1) is 0 Å².